The van der Waals surface area contributed by atoms with Gasteiger partial charge in [0.2, 0.25) is 5.91 Å². The predicted octanol–water partition coefficient (Wildman–Crippen LogP) is 2.11. The minimum Gasteiger partial charge on any atom is -0.480 e. The van der Waals surface area contributed by atoms with Crippen LogP contribution in [-0.2, 0) is 14.3 Å². The monoisotopic (exact) mass is 426 g/mol. The molecule has 0 saturated carbocycles. The van der Waals surface area contributed by atoms with E-state index in [2.05, 4.69) is 10.6 Å². The number of hydrogen-bond acceptors (Lipinski definition) is 5. The van der Waals surface area contributed by atoms with E-state index in [0.717, 1.165) is 22.3 Å². The van der Waals surface area contributed by atoms with Crippen molar-refractivity contribution in [2.45, 2.75) is 25.8 Å². The number of nitrogens with one attached hydrogen (secondary N) is 2. The summed E-state index contributed by atoms with van der Waals surface area (Å²) in [6, 6.07) is 14.6. The Hall–Kier alpha value is -3.39. The Morgan fingerprint density at radius 3 is 2.10 bits per heavy atom. The second-order valence-electron chi connectivity index (χ2n) is 8.11. The highest BCUT2D eigenvalue weighted by Gasteiger charge is 2.32. The average molecular weight is 426 g/mol. The highest BCUT2D eigenvalue weighted by Crippen LogP contribution is 2.44. The third-order valence-electron chi connectivity index (χ3n) is 5.42. The second-order valence-corrected chi connectivity index (χ2v) is 8.11. The summed E-state index contributed by atoms with van der Waals surface area (Å²) in [6.45, 7) is 2.48. The zero-order valence-electron chi connectivity index (χ0n) is 17.4. The molecule has 31 heavy (non-hydrogen) atoms. The fraction of sp³-hybridized carbons (Fsp3) is 0.348. The number of aliphatic carboxylic acids is 1. The fourth-order valence-electron chi connectivity index (χ4n) is 3.56. The SMILES string of the molecule is CC(C)(CNC(=O)OCC1c2ccccc2-c2ccccc21)C(=O)N[C@@H](CO)C(=O)O. The Balaban J connectivity index is 1.57. The van der Waals surface area contributed by atoms with Gasteiger partial charge >= 0.3 is 12.1 Å². The summed E-state index contributed by atoms with van der Waals surface area (Å²) >= 11 is 0. The van der Waals surface area contributed by atoms with Crippen LogP contribution in [0.5, 0.6) is 0 Å². The molecule has 1 aliphatic carbocycles. The van der Waals surface area contributed by atoms with Gasteiger partial charge < -0.3 is 25.6 Å². The molecule has 8 nitrogen and oxygen atoms in total. The van der Waals surface area contributed by atoms with E-state index in [4.69, 9.17) is 14.9 Å². The Bertz CT molecular complexity index is 942. The lowest BCUT2D eigenvalue weighted by Gasteiger charge is -2.25. The van der Waals surface area contributed by atoms with Crippen LogP contribution in [0.1, 0.15) is 30.9 Å². The van der Waals surface area contributed by atoms with Gasteiger partial charge in [-0.2, -0.15) is 0 Å². The van der Waals surface area contributed by atoms with Crippen molar-refractivity contribution >= 4 is 18.0 Å². The van der Waals surface area contributed by atoms with Gasteiger partial charge in [-0.3, -0.25) is 4.79 Å². The van der Waals surface area contributed by atoms with Crippen LogP contribution in [0.15, 0.2) is 48.5 Å². The van der Waals surface area contributed by atoms with E-state index in [-0.39, 0.29) is 19.1 Å². The molecule has 0 unspecified atom stereocenters. The summed E-state index contributed by atoms with van der Waals surface area (Å²) in [5, 5.41) is 22.8. The van der Waals surface area contributed by atoms with Crippen LogP contribution >= 0.6 is 0 Å². The first-order valence-electron chi connectivity index (χ1n) is 9.98. The maximum atomic E-state index is 12.3. The molecule has 2 amide bonds. The molecular weight excluding hydrogens is 400 g/mol. The smallest absolute Gasteiger partial charge is 0.407 e. The molecule has 2 aromatic carbocycles. The number of amides is 2. The van der Waals surface area contributed by atoms with E-state index in [9.17, 15) is 14.4 Å². The van der Waals surface area contributed by atoms with Crippen LogP contribution in [0, 0.1) is 5.41 Å². The van der Waals surface area contributed by atoms with E-state index in [0.29, 0.717) is 0 Å². The van der Waals surface area contributed by atoms with Crippen LogP contribution in [0.3, 0.4) is 0 Å². The van der Waals surface area contributed by atoms with Gasteiger partial charge in [0.1, 0.15) is 12.6 Å². The number of rotatable bonds is 8. The van der Waals surface area contributed by atoms with Crippen molar-refractivity contribution < 1.29 is 29.3 Å². The van der Waals surface area contributed by atoms with E-state index in [1.54, 1.807) is 13.8 Å². The Kier molecular flexibility index (Phi) is 6.60. The summed E-state index contributed by atoms with van der Waals surface area (Å²) in [6.07, 6.45) is -0.667. The topological polar surface area (TPSA) is 125 Å². The van der Waals surface area contributed by atoms with E-state index < -0.39 is 36.0 Å². The summed E-state index contributed by atoms with van der Waals surface area (Å²) in [5.74, 6) is -2.01. The Morgan fingerprint density at radius 1 is 1.03 bits per heavy atom. The summed E-state index contributed by atoms with van der Waals surface area (Å²) in [5.41, 5.74) is 3.34. The normalized spacial score (nSPS) is 13.6. The summed E-state index contributed by atoms with van der Waals surface area (Å²) < 4.78 is 5.44. The van der Waals surface area contributed by atoms with Gasteiger partial charge in [-0.05, 0) is 36.1 Å². The maximum absolute atomic E-state index is 12.3. The zero-order valence-corrected chi connectivity index (χ0v) is 17.4. The van der Waals surface area contributed by atoms with Gasteiger partial charge in [0.05, 0.1) is 12.0 Å². The molecule has 1 atom stereocenters. The second kappa shape index (κ2) is 9.18. The molecule has 8 heteroatoms. The van der Waals surface area contributed by atoms with Gasteiger partial charge in [0, 0.05) is 12.5 Å². The van der Waals surface area contributed by atoms with Gasteiger partial charge in [0.15, 0.2) is 0 Å². The van der Waals surface area contributed by atoms with Crippen molar-refractivity contribution in [3.63, 3.8) is 0 Å². The van der Waals surface area contributed by atoms with Crippen LogP contribution in [0.2, 0.25) is 0 Å². The third kappa shape index (κ3) is 4.86. The van der Waals surface area contributed by atoms with E-state index in [1.807, 2.05) is 48.5 Å². The molecule has 0 saturated heterocycles. The standard InChI is InChI=1S/C23H26N2O6/c1-23(2,21(29)25-19(11-26)20(27)28)13-24-22(30)31-12-18-16-9-5-3-7-14(16)15-8-4-6-10-17(15)18/h3-10,18-19,26H,11-13H2,1-2H3,(H,24,30)(H,25,29)(H,27,28)/t19-/m0/s1. The predicted molar refractivity (Wildman–Crippen MR) is 114 cm³/mol. The molecule has 0 aromatic heterocycles. The largest absolute Gasteiger partial charge is 0.480 e. The number of aliphatic hydroxyl groups is 1. The van der Waals surface area contributed by atoms with E-state index >= 15 is 0 Å². The molecule has 0 bridgehead atoms. The molecule has 0 aliphatic heterocycles. The number of benzene rings is 2. The number of carboxylic acid groups (broad SMARTS) is 1. The summed E-state index contributed by atoms with van der Waals surface area (Å²) in [4.78, 5) is 35.6. The van der Waals surface area contributed by atoms with Crippen LogP contribution in [-0.4, -0.2) is 54.0 Å². The first kappa shape index (κ1) is 22.3. The van der Waals surface area contributed by atoms with Gasteiger partial charge in [-0.15, -0.1) is 0 Å². The minimum absolute atomic E-state index is 0.0622. The number of ether oxygens (including phenoxy) is 1. The van der Waals surface area contributed by atoms with Crippen molar-refractivity contribution in [1.82, 2.24) is 10.6 Å². The Morgan fingerprint density at radius 2 is 1.58 bits per heavy atom. The van der Waals surface area contributed by atoms with Crippen molar-refractivity contribution in [1.29, 1.82) is 0 Å². The zero-order chi connectivity index (χ0) is 22.6. The maximum Gasteiger partial charge on any atom is 0.407 e. The lowest BCUT2D eigenvalue weighted by atomic mass is 9.92. The number of carboxylic acids is 1. The van der Waals surface area contributed by atoms with Crippen molar-refractivity contribution in [3.8, 4) is 11.1 Å². The third-order valence-corrected chi connectivity index (χ3v) is 5.42. The number of hydrogen-bond donors (Lipinski definition) is 4. The highest BCUT2D eigenvalue weighted by molar-refractivity contribution is 5.87. The number of carbonyl (C=O) groups is 3. The molecule has 0 radical (unpaired) electrons. The summed E-state index contributed by atoms with van der Waals surface area (Å²) in [7, 11) is 0. The molecular formula is C23H26N2O6. The van der Waals surface area contributed by atoms with Crippen LogP contribution in [0.25, 0.3) is 11.1 Å². The number of fused-ring (bicyclic) bond motifs is 3. The van der Waals surface area contributed by atoms with Gasteiger partial charge in [0.25, 0.3) is 0 Å². The molecule has 4 N–H and O–H groups in total. The van der Waals surface area contributed by atoms with Crippen LogP contribution in [0.4, 0.5) is 4.79 Å². The lowest BCUT2D eigenvalue weighted by molar-refractivity contribution is -0.144. The first-order chi connectivity index (χ1) is 14.7. The van der Waals surface area contributed by atoms with Crippen LogP contribution < -0.4 is 10.6 Å². The van der Waals surface area contributed by atoms with Crippen molar-refractivity contribution in [3.05, 3.63) is 59.7 Å². The molecule has 2 aromatic rings. The number of carbonyl (C=O) groups excluding carboxylic acids is 2. The molecule has 3 rings (SSSR count). The van der Waals surface area contributed by atoms with Gasteiger partial charge in [-0.25, -0.2) is 9.59 Å². The molecule has 0 heterocycles. The molecule has 0 fully saturated rings. The first-order valence-corrected chi connectivity index (χ1v) is 9.98. The van der Waals surface area contributed by atoms with E-state index in [1.165, 1.54) is 0 Å². The minimum atomic E-state index is -1.40. The Labute approximate surface area is 180 Å². The van der Waals surface area contributed by atoms with Gasteiger partial charge in [-0.1, -0.05) is 48.5 Å². The quantitative estimate of drug-likeness (QED) is 0.512. The lowest BCUT2D eigenvalue weighted by Crippen LogP contribution is -2.51. The average Bonchev–Trinajstić information content (AvgIpc) is 3.08. The molecule has 0 spiro atoms. The molecule has 164 valence electrons. The number of alkyl carbamates (subject to hydrolysis) is 1. The number of aliphatic hydroxyl groups excluding tert-OH is 1. The fourth-order valence-corrected chi connectivity index (χ4v) is 3.56. The highest BCUT2D eigenvalue weighted by atomic mass is 16.5. The van der Waals surface area contributed by atoms with Crippen molar-refractivity contribution in [2.75, 3.05) is 19.8 Å². The molecule has 1 aliphatic rings. The van der Waals surface area contributed by atoms with Crippen molar-refractivity contribution in [2.24, 2.45) is 5.41 Å².